The van der Waals surface area contributed by atoms with E-state index in [1.807, 2.05) is 0 Å². The minimum absolute atomic E-state index is 0.0862. The Morgan fingerprint density at radius 3 is 2.82 bits per heavy atom. The van der Waals surface area contributed by atoms with Crippen LogP contribution in [0.15, 0.2) is 29.8 Å². The Hall–Kier alpha value is -1.48. The van der Waals surface area contributed by atoms with Gasteiger partial charge in [0.05, 0.1) is 10.6 Å². The molecule has 3 nitrogen and oxygen atoms in total. The first-order chi connectivity index (χ1) is 8.09. The average molecular weight is 251 g/mol. The molecule has 2 rings (SSSR count). The maximum Gasteiger partial charge on any atom is 0.257 e. The van der Waals surface area contributed by atoms with Gasteiger partial charge in [-0.05, 0) is 25.5 Å². The monoisotopic (exact) mass is 250 g/mol. The van der Waals surface area contributed by atoms with E-state index in [-0.39, 0.29) is 5.91 Å². The van der Waals surface area contributed by atoms with Crippen LogP contribution in [0.5, 0.6) is 0 Å². The molecule has 4 heteroatoms. The molecular weight excluding hydrogens is 236 g/mol. The molecule has 17 heavy (non-hydrogen) atoms. The van der Waals surface area contributed by atoms with Gasteiger partial charge in [0.15, 0.2) is 0 Å². The first kappa shape index (κ1) is 12.0. The number of carbonyl (C=O) groups is 1. The van der Waals surface area contributed by atoms with Crippen molar-refractivity contribution in [3.8, 4) is 0 Å². The van der Waals surface area contributed by atoms with Crippen LogP contribution in [0.2, 0.25) is 5.02 Å². The number of benzene rings is 1. The Kier molecular flexibility index (Phi) is 3.38. The van der Waals surface area contributed by atoms with Gasteiger partial charge in [0.2, 0.25) is 0 Å². The van der Waals surface area contributed by atoms with Crippen LogP contribution >= 0.6 is 11.6 Å². The molecule has 90 valence electrons. The van der Waals surface area contributed by atoms with Crippen LogP contribution in [-0.2, 0) is 0 Å². The summed E-state index contributed by atoms with van der Waals surface area (Å²) in [5.74, 6) is -0.0862. The zero-order valence-electron chi connectivity index (χ0n) is 9.74. The first-order valence-corrected chi connectivity index (χ1v) is 5.96. The van der Waals surface area contributed by atoms with Crippen molar-refractivity contribution in [1.82, 2.24) is 4.90 Å². The lowest BCUT2D eigenvalue weighted by atomic mass is 10.1. The number of hydrogen-bond donors (Lipinski definition) is 1. The summed E-state index contributed by atoms with van der Waals surface area (Å²) in [6, 6.07) is 5.13. The third kappa shape index (κ3) is 2.44. The summed E-state index contributed by atoms with van der Waals surface area (Å²) in [5, 5.41) is 0.418. The lowest BCUT2D eigenvalue weighted by Gasteiger charge is -2.26. The van der Waals surface area contributed by atoms with Crippen molar-refractivity contribution in [3.63, 3.8) is 0 Å². The number of hydrogen-bond acceptors (Lipinski definition) is 2. The molecular formula is C13H15ClN2O. The van der Waals surface area contributed by atoms with Crippen LogP contribution in [0.25, 0.3) is 0 Å². The largest absolute Gasteiger partial charge is 0.398 e. The fourth-order valence-corrected chi connectivity index (χ4v) is 2.14. The first-order valence-electron chi connectivity index (χ1n) is 5.58. The summed E-state index contributed by atoms with van der Waals surface area (Å²) in [7, 11) is 0. The summed E-state index contributed by atoms with van der Waals surface area (Å²) in [5.41, 5.74) is 7.99. The number of amides is 1. The third-order valence-corrected chi connectivity index (χ3v) is 3.30. The minimum Gasteiger partial charge on any atom is -0.398 e. The predicted octanol–water partition coefficient (Wildman–Crippen LogP) is 2.71. The molecule has 0 saturated carbocycles. The highest BCUT2D eigenvalue weighted by atomic mass is 35.5. The van der Waals surface area contributed by atoms with Crippen molar-refractivity contribution >= 4 is 23.2 Å². The van der Waals surface area contributed by atoms with E-state index in [0.29, 0.717) is 22.8 Å². The van der Waals surface area contributed by atoms with Crippen LogP contribution in [0.3, 0.4) is 0 Å². The Morgan fingerprint density at radius 1 is 1.47 bits per heavy atom. The topological polar surface area (TPSA) is 46.3 Å². The van der Waals surface area contributed by atoms with Crippen LogP contribution in [-0.4, -0.2) is 23.9 Å². The number of anilines is 1. The number of nitrogens with two attached hydrogens (primary N) is 1. The molecule has 1 aliphatic heterocycles. The molecule has 0 fully saturated rings. The Bertz CT molecular complexity index is 462. The van der Waals surface area contributed by atoms with Gasteiger partial charge in [-0.1, -0.05) is 29.3 Å². The molecule has 1 aromatic carbocycles. The number of carbonyl (C=O) groups excluding carboxylic acids is 1. The summed E-state index contributed by atoms with van der Waals surface area (Å²) in [4.78, 5) is 14.0. The molecule has 1 aliphatic rings. The van der Waals surface area contributed by atoms with Crippen molar-refractivity contribution in [2.45, 2.75) is 13.3 Å². The van der Waals surface area contributed by atoms with Gasteiger partial charge in [-0.3, -0.25) is 4.79 Å². The van der Waals surface area contributed by atoms with E-state index < -0.39 is 0 Å². The molecule has 0 bridgehead atoms. The van der Waals surface area contributed by atoms with Crippen molar-refractivity contribution in [2.24, 2.45) is 0 Å². The normalized spacial score (nSPS) is 15.6. The second-order valence-electron chi connectivity index (χ2n) is 4.26. The van der Waals surface area contributed by atoms with Crippen LogP contribution in [0.4, 0.5) is 5.69 Å². The Balaban J connectivity index is 2.26. The van der Waals surface area contributed by atoms with E-state index in [9.17, 15) is 4.79 Å². The second kappa shape index (κ2) is 4.80. The molecule has 0 aromatic heterocycles. The van der Waals surface area contributed by atoms with Gasteiger partial charge in [0.1, 0.15) is 0 Å². The lowest BCUT2D eigenvalue weighted by molar-refractivity contribution is 0.0770. The summed E-state index contributed by atoms with van der Waals surface area (Å²) in [6.07, 6.45) is 2.98. The van der Waals surface area contributed by atoms with E-state index in [4.69, 9.17) is 17.3 Å². The predicted molar refractivity (Wildman–Crippen MR) is 70.1 cm³/mol. The summed E-state index contributed by atoms with van der Waals surface area (Å²) in [6.45, 7) is 3.44. The Labute approximate surface area is 106 Å². The van der Waals surface area contributed by atoms with E-state index in [2.05, 4.69) is 13.0 Å². The summed E-state index contributed by atoms with van der Waals surface area (Å²) >= 11 is 6.03. The highest BCUT2D eigenvalue weighted by Crippen LogP contribution is 2.24. The molecule has 0 aliphatic carbocycles. The highest BCUT2D eigenvalue weighted by molar-refractivity contribution is 6.34. The van der Waals surface area contributed by atoms with Crippen molar-refractivity contribution < 1.29 is 4.79 Å². The minimum atomic E-state index is -0.0862. The molecule has 0 radical (unpaired) electrons. The Morgan fingerprint density at radius 2 is 2.24 bits per heavy atom. The van der Waals surface area contributed by atoms with Crippen LogP contribution in [0, 0.1) is 0 Å². The average Bonchev–Trinajstić information content (AvgIpc) is 2.29. The van der Waals surface area contributed by atoms with Gasteiger partial charge < -0.3 is 10.6 Å². The SMILES string of the molecule is CC1=CCN(C(=O)c2c(N)cccc2Cl)CC1. The third-order valence-electron chi connectivity index (χ3n) is 2.98. The smallest absolute Gasteiger partial charge is 0.257 e. The van der Waals surface area contributed by atoms with Gasteiger partial charge in [-0.2, -0.15) is 0 Å². The molecule has 0 atom stereocenters. The van der Waals surface area contributed by atoms with E-state index in [0.717, 1.165) is 13.0 Å². The molecule has 0 spiro atoms. The van der Waals surface area contributed by atoms with E-state index in [1.54, 1.807) is 23.1 Å². The van der Waals surface area contributed by atoms with Gasteiger partial charge in [0.25, 0.3) is 5.91 Å². The van der Waals surface area contributed by atoms with Gasteiger partial charge in [-0.25, -0.2) is 0 Å². The van der Waals surface area contributed by atoms with Gasteiger partial charge >= 0.3 is 0 Å². The molecule has 0 saturated heterocycles. The molecule has 1 amide bonds. The molecule has 1 heterocycles. The number of rotatable bonds is 1. The van der Waals surface area contributed by atoms with Crippen molar-refractivity contribution in [3.05, 3.63) is 40.4 Å². The highest BCUT2D eigenvalue weighted by Gasteiger charge is 2.21. The lowest BCUT2D eigenvalue weighted by Crippen LogP contribution is -2.35. The zero-order valence-corrected chi connectivity index (χ0v) is 10.5. The quantitative estimate of drug-likeness (QED) is 0.615. The van der Waals surface area contributed by atoms with Crippen LogP contribution in [0.1, 0.15) is 23.7 Å². The molecule has 2 N–H and O–H groups in total. The maximum absolute atomic E-state index is 12.3. The number of nitrogens with zero attached hydrogens (tertiary/aromatic N) is 1. The number of nitrogen functional groups attached to an aromatic ring is 1. The molecule has 0 unspecified atom stereocenters. The van der Waals surface area contributed by atoms with E-state index in [1.165, 1.54) is 5.57 Å². The van der Waals surface area contributed by atoms with Crippen molar-refractivity contribution in [1.29, 1.82) is 0 Å². The fraction of sp³-hybridized carbons (Fsp3) is 0.308. The molecule has 1 aromatic rings. The standard InChI is InChI=1S/C13H15ClN2O/c1-9-5-7-16(8-6-9)13(17)12-10(14)3-2-4-11(12)15/h2-5H,6-8,15H2,1H3. The van der Waals surface area contributed by atoms with Crippen LogP contribution < -0.4 is 5.73 Å². The fourth-order valence-electron chi connectivity index (χ4n) is 1.88. The zero-order chi connectivity index (χ0) is 12.4. The maximum atomic E-state index is 12.3. The second-order valence-corrected chi connectivity index (χ2v) is 4.66. The van der Waals surface area contributed by atoms with Gasteiger partial charge in [-0.15, -0.1) is 0 Å². The van der Waals surface area contributed by atoms with Crippen molar-refractivity contribution in [2.75, 3.05) is 18.8 Å². The summed E-state index contributed by atoms with van der Waals surface area (Å²) < 4.78 is 0. The number of halogens is 1. The van der Waals surface area contributed by atoms with Gasteiger partial charge in [0, 0.05) is 18.8 Å². The van der Waals surface area contributed by atoms with E-state index >= 15 is 0 Å².